The van der Waals surface area contributed by atoms with Crippen molar-refractivity contribution in [1.29, 1.82) is 0 Å². The molecule has 4 rings (SSSR count). The number of nitrogens with one attached hydrogen (secondary N) is 3. The van der Waals surface area contributed by atoms with Gasteiger partial charge in [0.15, 0.2) is 0 Å². The Morgan fingerprint density at radius 3 is 2.25 bits per heavy atom. The predicted molar refractivity (Wildman–Crippen MR) is 155 cm³/mol. The maximum absolute atomic E-state index is 13.9. The molecule has 0 saturated heterocycles. The highest BCUT2D eigenvalue weighted by molar-refractivity contribution is 8.00. The molecule has 0 saturated carbocycles. The van der Waals surface area contributed by atoms with E-state index < -0.39 is 29.5 Å². The first-order chi connectivity index (χ1) is 19.3. The van der Waals surface area contributed by atoms with Gasteiger partial charge in [-0.1, -0.05) is 36.4 Å². The van der Waals surface area contributed by atoms with Crippen molar-refractivity contribution in [3.63, 3.8) is 0 Å². The van der Waals surface area contributed by atoms with Gasteiger partial charge in [-0.05, 0) is 55.0 Å². The van der Waals surface area contributed by atoms with Crippen LogP contribution in [-0.2, 0) is 9.53 Å². The van der Waals surface area contributed by atoms with Gasteiger partial charge in [0.05, 0.1) is 28.9 Å². The first-order valence-corrected chi connectivity index (χ1v) is 13.7. The summed E-state index contributed by atoms with van der Waals surface area (Å²) < 4.78 is 18.8. The minimum absolute atomic E-state index is 0.0200. The van der Waals surface area contributed by atoms with Crippen LogP contribution in [0.4, 0.5) is 20.8 Å². The Kier molecular flexibility index (Phi) is 9.31. The Balaban J connectivity index is 1.43. The summed E-state index contributed by atoms with van der Waals surface area (Å²) in [6.45, 7) is 1.62. The molecule has 0 aliphatic heterocycles. The molecular formula is C29H24FN3O5S2. The summed E-state index contributed by atoms with van der Waals surface area (Å²) in [7, 11) is 1.22. The number of thiophene rings is 1. The number of ether oxygens (including phenoxy) is 1. The van der Waals surface area contributed by atoms with E-state index in [1.54, 1.807) is 61.5 Å². The molecule has 3 amide bonds. The number of hydrogen-bond donors (Lipinski definition) is 3. The summed E-state index contributed by atoms with van der Waals surface area (Å²) in [5.74, 6) is -2.73. The lowest BCUT2D eigenvalue weighted by Crippen LogP contribution is -2.16. The number of carbonyl (C=O) groups excluding carboxylic acids is 4. The zero-order valence-electron chi connectivity index (χ0n) is 21.4. The fourth-order valence-corrected chi connectivity index (χ4v) is 5.56. The van der Waals surface area contributed by atoms with Gasteiger partial charge >= 0.3 is 5.97 Å². The van der Waals surface area contributed by atoms with Gasteiger partial charge < -0.3 is 20.7 Å². The zero-order chi connectivity index (χ0) is 28.6. The van der Waals surface area contributed by atoms with Crippen LogP contribution in [-0.4, -0.2) is 36.6 Å². The number of methoxy groups -OCH3 is 1. The summed E-state index contributed by atoms with van der Waals surface area (Å²) in [6, 6.07) is 21.3. The highest BCUT2D eigenvalue weighted by Gasteiger charge is 2.26. The van der Waals surface area contributed by atoms with Crippen molar-refractivity contribution < 1.29 is 28.3 Å². The number of carbonyl (C=O) groups is 4. The maximum Gasteiger partial charge on any atom is 0.341 e. The molecule has 8 nitrogen and oxygen atoms in total. The molecule has 1 heterocycles. The highest BCUT2D eigenvalue weighted by atomic mass is 32.2. The minimum Gasteiger partial charge on any atom is -0.465 e. The van der Waals surface area contributed by atoms with E-state index in [0.29, 0.717) is 21.8 Å². The maximum atomic E-state index is 13.9. The van der Waals surface area contributed by atoms with Crippen LogP contribution in [0, 0.1) is 12.7 Å². The molecule has 0 radical (unpaired) electrons. The standard InChI is InChI=1S/C29H24FN3O5S2/c1-17-24(29(37)38-2)28(40-25(17)27(36)31-18-9-4-3-5-10-18)33-23(34)16-39-20-12-8-11-19(15-20)32-26(35)21-13-6-7-14-22(21)30/h3-15H,16H2,1-2H3,(H,31,36)(H,32,35)(H,33,34). The largest absolute Gasteiger partial charge is 0.465 e. The molecule has 0 fully saturated rings. The van der Waals surface area contributed by atoms with Crippen molar-refractivity contribution in [3.8, 4) is 0 Å². The van der Waals surface area contributed by atoms with E-state index >= 15 is 0 Å². The van der Waals surface area contributed by atoms with E-state index in [9.17, 15) is 23.6 Å². The second-order valence-corrected chi connectivity index (χ2v) is 10.4. The summed E-state index contributed by atoms with van der Waals surface area (Å²) >= 11 is 2.18. The van der Waals surface area contributed by atoms with E-state index in [2.05, 4.69) is 16.0 Å². The summed E-state index contributed by atoms with van der Waals surface area (Å²) in [5.41, 5.74) is 1.46. The molecule has 11 heteroatoms. The number of benzene rings is 3. The quantitative estimate of drug-likeness (QED) is 0.161. The third-order valence-electron chi connectivity index (χ3n) is 5.61. The number of amides is 3. The second-order valence-electron chi connectivity index (χ2n) is 8.37. The molecular weight excluding hydrogens is 553 g/mol. The van der Waals surface area contributed by atoms with Gasteiger partial charge in [0, 0.05) is 16.3 Å². The van der Waals surface area contributed by atoms with Gasteiger partial charge in [-0.25, -0.2) is 9.18 Å². The Bertz CT molecular complexity index is 1570. The Morgan fingerprint density at radius 1 is 0.850 bits per heavy atom. The molecule has 0 atom stereocenters. The molecule has 3 N–H and O–H groups in total. The molecule has 3 aromatic carbocycles. The smallest absolute Gasteiger partial charge is 0.341 e. The average Bonchev–Trinajstić information content (AvgIpc) is 3.27. The van der Waals surface area contributed by atoms with Gasteiger partial charge in [0.2, 0.25) is 5.91 Å². The van der Waals surface area contributed by atoms with Gasteiger partial charge in [-0.3, -0.25) is 14.4 Å². The fourth-order valence-electron chi connectivity index (χ4n) is 3.69. The van der Waals surface area contributed by atoms with Gasteiger partial charge in [-0.2, -0.15) is 0 Å². The monoisotopic (exact) mass is 577 g/mol. The van der Waals surface area contributed by atoms with E-state index in [0.717, 1.165) is 11.3 Å². The van der Waals surface area contributed by atoms with Crippen LogP contribution in [0.15, 0.2) is 83.8 Å². The van der Waals surface area contributed by atoms with Crippen molar-refractivity contribution >= 4 is 63.2 Å². The number of anilines is 3. The first-order valence-electron chi connectivity index (χ1n) is 11.9. The number of halogens is 1. The van der Waals surface area contributed by atoms with Crippen LogP contribution >= 0.6 is 23.1 Å². The minimum atomic E-state index is -0.672. The number of para-hydroxylation sites is 1. The highest BCUT2D eigenvalue weighted by Crippen LogP contribution is 2.34. The summed E-state index contributed by atoms with van der Waals surface area (Å²) in [6.07, 6.45) is 0. The van der Waals surface area contributed by atoms with Crippen molar-refractivity contribution in [3.05, 3.63) is 106 Å². The predicted octanol–water partition coefficient (Wildman–Crippen LogP) is 6.22. The van der Waals surface area contributed by atoms with Crippen LogP contribution in [0.3, 0.4) is 0 Å². The lowest BCUT2D eigenvalue weighted by molar-refractivity contribution is -0.113. The fraction of sp³-hybridized carbons (Fsp3) is 0.103. The van der Waals surface area contributed by atoms with Crippen molar-refractivity contribution in [1.82, 2.24) is 0 Å². The summed E-state index contributed by atoms with van der Waals surface area (Å²) in [4.78, 5) is 51.6. The van der Waals surface area contributed by atoms with E-state index in [1.165, 1.54) is 37.1 Å². The van der Waals surface area contributed by atoms with Crippen LogP contribution in [0.1, 0.15) is 36.0 Å². The molecule has 0 unspecified atom stereocenters. The molecule has 40 heavy (non-hydrogen) atoms. The van der Waals surface area contributed by atoms with Crippen LogP contribution in [0.2, 0.25) is 0 Å². The van der Waals surface area contributed by atoms with E-state index in [4.69, 9.17) is 4.74 Å². The zero-order valence-corrected chi connectivity index (χ0v) is 23.1. The third-order valence-corrected chi connectivity index (χ3v) is 7.81. The normalized spacial score (nSPS) is 10.5. The van der Waals surface area contributed by atoms with Gasteiger partial charge in [0.1, 0.15) is 10.8 Å². The van der Waals surface area contributed by atoms with Crippen LogP contribution < -0.4 is 16.0 Å². The lowest BCUT2D eigenvalue weighted by Gasteiger charge is -2.09. The Morgan fingerprint density at radius 2 is 1.52 bits per heavy atom. The number of hydrogen-bond acceptors (Lipinski definition) is 7. The molecule has 1 aromatic heterocycles. The topological polar surface area (TPSA) is 114 Å². The van der Waals surface area contributed by atoms with Crippen molar-refractivity contribution in [2.75, 3.05) is 28.8 Å². The first kappa shape index (κ1) is 28.5. The van der Waals surface area contributed by atoms with E-state index in [1.807, 2.05) is 6.07 Å². The molecule has 0 aliphatic carbocycles. The molecule has 0 spiro atoms. The van der Waals surface area contributed by atoms with Crippen molar-refractivity contribution in [2.24, 2.45) is 0 Å². The van der Waals surface area contributed by atoms with Gasteiger partial charge in [-0.15, -0.1) is 23.1 Å². The molecule has 0 bridgehead atoms. The number of rotatable bonds is 9. The SMILES string of the molecule is COC(=O)c1c(NC(=O)CSc2cccc(NC(=O)c3ccccc3F)c2)sc(C(=O)Nc2ccccc2)c1C. The van der Waals surface area contributed by atoms with Gasteiger partial charge in [0.25, 0.3) is 11.8 Å². The molecule has 4 aromatic rings. The third kappa shape index (κ3) is 6.93. The Labute approximate surface area is 237 Å². The van der Waals surface area contributed by atoms with Crippen LogP contribution in [0.5, 0.6) is 0 Å². The Hall–Kier alpha value is -4.48. The lowest BCUT2D eigenvalue weighted by atomic mass is 10.1. The average molecular weight is 578 g/mol. The summed E-state index contributed by atoms with van der Waals surface area (Å²) in [5, 5.41) is 8.35. The van der Waals surface area contributed by atoms with Crippen LogP contribution in [0.25, 0.3) is 0 Å². The van der Waals surface area contributed by atoms with Crippen molar-refractivity contribution in [2.45, 2.75) is 11.8 Å². The molecule has 204 valence electrons. The number of esters is 1. The number of thioether (sulfide) groups is 1. The second kappa shape index (κ2) is 13.0. The molecule has 0 aliphatic rings. The van der Waals surface area contributed by atoms with E-state index in [-0.39, 0.29) is 26.8 Å².